The maximum atomic E-state index is 10.3. The zero-order chi connectivity index (χ0) is 25.3. The van der Waals surface area contributed by atoms with E-state index in [0.29, 0.717) is 42.1 Å². The van der Waals surface area contributed by atoms with E-state index in [4.69, 9.17) is 25.2 Å². The van der Waals surface area contributed by atoms with Crippen LogP contribution in [0.15, 0.2) is 40.8 Å². The topological polar surface area (TPSA) is 158 Å². The average molecular weight is 497 g/mol. The second-order valence-corrected chi connectivity index (χ2v) is 8.66. The largest absolute Gasteiger partial charge is 0.481 e. The molecule has 34 heavy (non-hydrogen) atoms. The summed E-state index contributed by atoms with van der Waals surface area (Å²) in [6.07, 6.45) is 11.6. The minimum Gasteiger partial charge on any atom is -0.481 e. The number of hydrogen-bond acceptors (Lipinski definition) is 6. The number of hydrogen-bond donors (Lipinski definition) is 4. The lowest BCUT2D eigenvalue weighted by molar-refractivity contribution is -0.144. The van der Waals surface area contributed by atoms with Crippen LogP contribution in [-0.4, -0.2) is 57.5 Å². The third-order valence-corrected chi connectivity index (χ3v) is 6.04. The molecule has 188 valence electrons. The zero-order valence-electron chi connectivity index (χ0n) is 19.0. The standard InChI is InChI=1S/C7H10O2.C6H10O3.C6H8O2.C5H4O2S/c8-7(9)6-4-2-1-3-5-6;7-6(8)5-1-3-9-4-2-5;7-6(8)5-3-1-2-4-5;6-5(7)4-2-1-3-8-4/h4H,1-3,5H2,(H,8,9);5H,1-4H2,(H,7,8);3H,1-2,4H2,(H,7,8);1-3H,(H,6,7). The number of aromatic carboxylic acids is 1. The van der Waals surface area contributed by atoms with Crippen LogP contribution in [0.1, 0.15) is 67.5 Å². The number of ether oxygens (including phenoxy) is 1. The molecule has 10 heteroatoms. The Balaban J connectivity index is 0.000000227. The number of carboxylic acid groups (broad SMARTS) is 4. The first-order chi connectivity index (χ1) is 16.2. The Labute approximate surface area is 202 Å². The number of carboxylic acids is 4. The molecule has 4 N–H and O–H groups in total. The Kier molecular flexibility index (Phi) is 14.2. The van der Waals surface area contributed by atoms with Crippen molar-refractivity contribution in [3.05, 3.63) is 45.7 Å². The van der Waals surface area contributed by atoms with E-state index in [1.54, 1.807) is 23.6 Å². The fourth-order valence-electron chi connectivity index (χ4n) is 3.24. The molecule has 4 rings (SSSR count). The predicted molar refractivity (Wildman–Crippen MR) is 126 cm³/mol. The summed E-state index contributed by atoms with van der Waals surface area (Å²) in [5.41, 5.74) is 1.19. The highest BCUT2D eigenvalue weighted by molar-refractivity contribution is 7.11. The molecule has 0 spiro atoms. The number of carbonyl (C=O) groups is 4. The molecule has 1 saturated heterocycles. The molecule has 0 aromatic carbocycles. The maximum Gasteiger partial charge on any atom is 0.345 e. The van der Waals surface area contributed by atoms with Crippen LogP contribution in [0, 0.1) is 5.92 Å². The SMILES string of the molecule is O=C(O)C1=CCCC1.O=C(O)C1=CCCCC1.O=C(O)C1CCOCC1.O=C(O)c1cccs1. The fraction of sp³-hybridized carbons (Fsp3) is 0.500. The van der Waals surface area contributed by atoms with Crippen molar-refractivity contribution >= 4 is 35.2 Å². The molecule has 1 fully saturated rings. The van der Waals surface area contributed by atoms with Crippen molar-refractivity contribution in [1.82, 2.24) is 0 Å². The van der Waals surface area contributed by atoms with Crippen LogP contribution in [0.5, 0.6) is 0 Å². The van der Waals surface area contributed by atoms with E-state index in [2.05, 4.69) is 0 Å². The molecule has 0 saturated carbocycles. The first kappa shape index (κ1) is 29.1. The van der Waals surface area contributed by atoms with Gasteiger partial charge in [0.15, 0.2) is 0 Å². The van der Waals surface area contributed by atoms with E-state index >= 15 is 0 Å². The van der Waals surface area contributed by atoms with Gasteiger partial charge in [0.1, 0.15) is 4.88 Å². The molecule has 1 aliphatic heterocycles. The van der Waals surface area contributed by atoms with Crippen LogP contribution in [0.2, 0.25) is 0 Å². The number of rotatable bonds is 4. The molecule has 2 aliphatic carbocycles. The van der Waals surface area contributed by atoms with Gasteiger partial charge in [-0.1, -0.05) is 18.2 Å². The van der Waals surface area contributed by atoms with Crippen molar-refractivity contribution < 1.29 is 44.3 Å². The molecule has 0 amide bonds. The average Bonchev–Trinajstić information content (AvgIpc) is 3.56. The van der Waals surface area contributed by atoms with Gasteiger partial charge < -0.3 is 25.2 Å². The highest BCUT2D eigenvalue weighted by Crippen LogP contribution is 2.17. The van der Waals surface area contributed by atoms with Gasteiger partial charge in [0.2, 0.25) is 0 Å². The quantitative estimate of drug-likeness (QED) is 0.463. The molecular formula is C24H32O9S. The third kappa shape index (κ3) is 12.3. The summed E-state index contributed by atoms with van der Waals surface area (Å²) >= 11 is 1.23. The number of thiophene rings is 1. The van der Waals surface area contributed by atoms with Crippen molar-refractivity contribution in [3.8, 4) is 0 Å². The van der Waals surface area contributed by atoms with Gasteiger partial charge >= 0.3 is 23.9 Å². The Bertz CT molecular complexity index is 850. The van der Waals surface area contributed by atoms with Crippen molar-refractivity contribution in [2.45, 2.75) is 57.8 Å². The Hall–Kier alpha value is -2.98. The molecule has 0 unspecified atom stereocenters. The highest BCUT2D eigenvalue weighted by Gasteiger charge is 2.19. The van der Waals surface area contributed by atoms with Gasteiger partial charge in [-0.3, -0.25) is 4.79 Å². The Morgan fingerprint density at radius 3 is 1.65 bits per heavy atom. The summed E-state index contributed by atoms with van der Waals surface area (Å²) in [6, 6.07) is 3.29. The van der Waals surface area contributed by atoms with Gasteiger partial charge in [-0.05, 0) is 69.2 Å². The number of aliphatic carboxylic acids is 3. The molecule has 1 aromatic heterocycles. The van der Waals surface area contributed by atoms with Crippen LogP contribution in [0.3, 0.4) is 0 Å². The van der Waals surface area contributed by atoms with E-state index in [1.165, 1.54) is 11.3 Å². The first-order valence-electron chi connectivity index (χ1n) is 11.1. The lowest BCUT2D eigenvalue weighted by atomic mass is 10.0. The van der Waals surface area contributed by atoms with Crippen LogP contribution >= 0.6 is 11.3 Å². The summed E-state index contributed by atoms with van der Waals surface area (Å²) < 4.78 is 4.99. The van der Waals surface area contributed by atoms with Gasteiger partial charge in [0.25, 0.3) is 0 Å². The van der Waals surface area contributed by atoms with Gasteiger partial charge in [0.05, 0.1) is 5.92 Å². The fourth-order valence-corrected chi connectivity index (χ4v) is 3.80. The molecule has 0 radical (unpaired) electrons. The highest BCUT2D eigenvalue weighted by atomic mass is 32.1. The van der Waals surface area contributed by atoms with E-state index in [-0.39, 0.29) is 5.92 Å². The molecule has 0 bridgehead atoms. The van der Waals surface area contributed by atoms with Gasteiger partial charge in [-0.25, -0.2) is 14.4 Å². The monoisotopic (exact) mass is 496 g/mol. The molecule has 9 nitrogen and oxygen atoms in total. The van der Waals surface area contributed by atoms with Crippen LogP contribution < -0.4 is 0 Å². The molecular weight excluding hydrogens is 464 g/mol. The normalized spacial score (nSPS) is 17.2. The van der Waals surface area contributed by atoms with Crippen molar-refractivity contribution in [2.24, 2.45) is 5.92 Å². The second kappa shape index (κ2) is 16.6. The maximum absolute atomic E-state index is 10.3. The zero-order valence-corrected chi connectivity index (χ0v) is 19.8. The van der Waals surface area contributed by atoms with E-state index < -0.39 is 23.9 Å². The smallest absolute Gasteiger partial charge is 0.345 e. The predicted octanol–water partition coefficient (Wildman–Crippen LogP) is 4.70. The van der Waals surface area contributed by atoms with Crippen LogP contribution in [-0.2, 0) is 19.1 Å². The lowest BCUT2D eigenvalue weighted by Crippen LogP contribution is -2.22. The van der Waals surface area contributed by atoms with E-state index in [0.717, 1.165) is 44.9 Å². The van der Waals surface area contributed by atoms with Crippen LogP contribution in [0.4, 0.5) is 0 Å². The molecule has 2 heterocycles. The van der Waals surface area contributed by atoms with Gasteiger partial charge in [-0.15, -0.1) is 11.3 Å². The first-order valence-corrected chi connectivity index (χ1v) is 12.0. The van der Waals surface area contributed by atoms with Crippen molar-refractivity contribution in [3.63, 3.8) is 0 Å². The second-order valence-electron chi connectivity index (χ2n) is 7.71. The summed E-state index contributed by atoms with van der Waals surface area (Å²) in [6.45, 7) is 1.22. The Morgan fingerprint density at radius 2 is 1.35 bits per heavy atom. The number of allylic oxidation sites excluding steroid dienone is 2. The minimum atomic E-state index is -0.847. The summed E-state index contributed by atoms with van der Waals surface area (Å²) in [7, 11) is 0. The van der Waals surface area contributed by atoms with Crippen LogP contribution in [0.25, 0.3) is 0 Å². The van der Waals surface area contributed by atoms with E-state index in [9.17, 15) is 19.2 Å². The summed E-state index contributed by atoms with van der Waals surface area (Å²) in [5, 5.41) is 35.3. The van der Waals surface area contributed by atoms with Crippen molar-refractivity contribution in [2.75, 3.05) is 13.2 Å². The minimum absolute atomic E-state index is 0.154. The molecule has 1 aromatic rings. The lowest BCUT2D eigenvalue weighted by Gasteiger charge is -2.17. The summed E-state index contributed by atoms with van der Waals surface area (Å²) in [5.74, 6) is -3.17. The van der Waals surface area contributed by atoms with Gasteiger partial charge in [-0.2, -0.15) is 0 Å². The van der Waals surface area contributed by atoms with Crippen molar-refractivity contribution in [1.29, 1.82) is 0 Å². The van der Waals surface area contributed by atoms with Gasteiger partial charge in [0, 0.05) is 24.4 Å². The molecule has 0 atom stereocenters. The van der Waals surface area contributed by atoms with E-state index in [1.807, 2.05) is 6.08 Å². The Morgan fingerprint density at radius 1 is 0.794 bits per heavy atom. The third-order valence-electron chi connectivity index (χ3n) is 5.18. The summed E-state index contributed by atoms with van der Waals surface area (Å²) in [4.78, 5) is 41.2. The molecule has 3 aliphatic rings.